The third kappa shape index (κ3) is 3.99. The number of amides is 2. The van der Waals surface area contributed by atoms with E-state index in [9.17, 15) is 9.59 Å². The highest BCUT2D eigenvalue weighted by molar-refractivity contribution is 6.31. The number of methoxy groups -OCH3 is 2. The van der Waals surface area contributed by atoms with E-state index in [2.05, 4.69) is 5.32 Å². The fraction of sp³-hybridized carbons (Fsp3) is 0.300. The Labute approximate surface area is 168 Å². The Bertz CT molecular complexity index is 902. The molecule has 0 saturated heterocycles. The van der Waals surface area contributed by atoms with E-state index in [-0.39, 0.29) is 25.0 Å². The second-order valence-electron chi connectivity index (χ2n) is 6.24. The highest BCUT2D eigenvalue weighted by Gasteiger charge is 2.33. The van der Waals surface area contributed by atoms with Gasteiger partial charge >= 0.3 is 0 Å². The molecule has 1 unspecified atom stereocenters. The van der Waals surface area contributed by atoms with Crippen molar-refractivity contribution in [2.75, 3.05) is 25.7 Å². The smallest absolute Gasteiger partial charge is 0.265 e. The number of fused-ring (bicyclic) bond motifs is 1. The molecule has 2 amide bonds. The summed E-state index contributed by atoms with van der Waals surface area (Å²) in [7, 11) is 3.13. The van der Waals surface area contributed by atoms with Crippen molar-refractivity contribution in [1.29, 1.82) is 0 Å². The largest absolute Gasteiger partial charge is 0.497 e. The van der Waals surface area contributed by atoms with Gasteiger partial charge in [-0.25, -0.2) is 0 Å². The van der Waals surface area contributed by atoms with Gasteiger partial charge in [-0.15, -0.1) is 0 Å². The van der Waals surface area contributed by atoms with Gasteiger partial charge in [-0.1, -0.05) is 11.6 Å². The molecule has 0 saturated carbocycles. The zero-order valence-corrected chi connectivity index (χ0v) is 16.6. The van der Waals surface area contributed by atoms with Gasteiger partial charge in [-0.2, -0.15) is 0 Å². The molecule has 1 aliphatic heterocycles. The van der Waals surface area contributed by atoms with Crippen LogP contribution in [0.5, 0.6) is 17.2 Å². The molecule has 0 spiro atoms. The summed E-state index contributed by atoms with van der Waals surface area (Å²) in [5, 5.41) is 3.30. The Balaban J connectivity index is 1.77. The van der Waals surface area contributed by atoms with Crippen molar-refractivity contribution in [2.24, 2.45) is 0 Å². The fourth-order valence-electron chi connectivity index (χ4n) is 3.04. The average molecular weight is 405 g/mol. The maximum absolute atomic E-state index is 12.8. The van der Waals surface area contributed by atoms with E-state index in [0.29, 0.717) is 28.0 Å². The fourth-order valence-corrected chi connectivity index (χ4v) is 3.20. The predicted molar refractivity (Wildman–Crippen MR) is 105 cm³/mol. The van der Waals surface area contributed by atoms with E-state index < -0.39 is 6.04 Å². The number of hydrogen-bond acceptors (Lipinski definition) is 5. The zero-order chi connectivity index (χ0) is 20.3. The van der Waals surface area contributed by atoms with Crippen LogP contribution in [0.25, 0.3) is 0 Å². The summed E-state index contributed by atoms with van der Waals surface area (Å²) in [6.07, 6.45) is 0. The monoisotopic (exact) mass is 404 g/mol. The molecule has 2 aromatic carbocycles. The average Bonchev–Trinajstić information content (AvgIpc) is 2.71. The number of carbonyl (C=O) groups excluding carboxylic acids is 2. The summed E-state index contributed by atoms with van der Waals surface area (Å²) in [6, 6.07) is 9.57. The minimum atomic E-state index is -0.745. The first-order valence-electron chi connectivity index (χ1n) is 8.67. The molecule has 0 aromatic heterocycles. The molecule has 148 valence electrons. The molecular formula is C20H21ClN2O5. The number of hydrogen-bond donors (Lipinski definition) is 1. The van der Waals surface area contributed by atoms with Crippen molar-refractivity contribution in [3.8, 4) is 17.2 Å². The number of nitrogens with one attached hydrogen (secondary N) is 1. The van der Waals surface area contributed by atoms with Gasteiger partial charge in [0.2, 0.25) is 5.91 Å². The summed E-state index contributed by atoms with van der Waals surface area (Å²) >= 11 is 6.06. The number of carbonyl (C=O) groups is 2. The summed E-state index contributed by atoms with van der Waals surface area (Å²) in [4.78, 5) is 26.6. The lowest BCUT2D eigenvalue weighted by atomic mass is 10.1. The van der Waals surface area contributed by atoms with E-state index >= 15 is 0 Å². The number of anilines is 1. The lowest BCUT2D eigenvalue weighted by molar-refractivity contribution is -0.127. The summed E-state index contributed by atoms with van der Waals surface area (Å²) in [5.74, 6) is 1.18. The first-order chi connectivity index (χ1) is 13.4. The van der Waals surface area contributed by atoms with Gasteiger partial charge in [0.25, 0.3) is 5.91 Å². The summed E-state index contributed by atoms with van der Waals surface area (Å²) in [5.41, 5.74) is 1.24. The van der Waals surface area contributed by atoms with Crippen molar-refractivity contribution in [3.63, 3.8) is 0 Å². The number of halogens is 1. The maximum Gasteiger partial charge on any atom is 0.265 e. The maximum atomic E-state index is 12.8. The van der Waals surface area contributed by atoms with Crippen LogP contribution in [0, 0.1) is 0 Å². The predicted octanol–water partition coefficient (Wildman–Crippen LogP) is 2.79. The molecule has 7 nitrogen and oxygen atoms in total. The van der Waals surface area contributed by atoms with Gasteiger partial charge in [-0.05, 0) is 43.3 Å². The minimum Gasteiger partial charge on any atom is -0.497 e. The van der Waals surface area contributed by atoms with Crippen molar-refractivity contribution in [3.05, 3.63) is 47.0 Å². The quantitative estimate of drug-likeness (QED) is 0.801. The third-order valence-corrected chi connectivity index (χ3v) is 4.74. The van der Waals surface area contributed by atoms with Crippen LogP contribution >= 0.6 is 11.6 Å². The molecule has 1 aliphatic rings. The van der Waals surface area contributed by atoms with Crippen LogP contribution in [-0.4, -0.2) is 38.7 Å². The van der Waals surface area contributed by atoms with Gasteiger partial charge in [0.05, 0.1) is 19.9 Å². The number of rotatable bonds is 6. The van der Waals surface area contributed by atoms with E-state index in [1.54, 1.807) is 57.5 Å². The first-order valence-corrected chi connectivity index (χ1v) is 9.05. The molecule has 1 N–H and O–H groups in total. The standard InChI is InChI=1S/C20H21ClN2O5/c1-12(23-16-9-14(21)4-6-18(16)28-11-19(23)24)20(25)22-10-13-8-15(26-2)5-7-17(13)27-3/h4-9,12H,10-11H2,1-3H3,(H,22,25). The lowest BCUT2D eigenvalue weighted by Gasteiger charge is -2.33. The molecule has 8 heteroatoms. The molecule has 28 heavy (non-hydrogen) atoms. The van der Waals surface area contributed by atoms with Crippen molar-refractivity contribution < 1.29 is 23.8 Å². The van der Waals surface area contributed by atoms with Crippen molar-refractivity contribution in [1.82, 2.24) is 5.32 Å². The highest BCUT2D eigenvalue weighted by Crippen LogP contribution is 2.35. The molecule has 2 aromatic rings. The molecule has 1 atom stereocenters. The van der Waals surface area contributed by atoms with Crippen molar-refractivity contribution in [2.45, 2.75) is 19.5 Å². The van der Waals surface area contributed by atoms with Crippen LogP contribution in [0.1, 0.15) is 12.5 Å². The normalized spacial score (nSPS) is 14.0. The summed E-state index contributed by atoms with van der Waals surface area (Å²) < 4.78 is 16.0. The van der Waals surface area contributed by atoms with E-state index in [1.807, 2.05) is 0 Å². The number of nitrogens with zero attached hydrogens (tertiary/aromatic N) is 1. The first kappa shape index (κ1) is 19.8. The number of benzene rings is 2. The van der Waals surface area contributed by atoms with Crippen LogP contribution in [0.4, 0.5) is 5.69 Å². The van der Waals surface area contributed by atoms with Crippen LogP contribution in [0.2, 0.25) is 5.02 Å². The minimum absolute atomic E-state index is 0.129. The molecule has 0 fully saturated rings. The zero-order valence-electron chi connectivity index (χ0n) is 15.8. The van der Waals surface area contributed by atoms with Crippen molar-refractivity contribution >= 4 is 29.1 Å². The molecule has 0 aliphatic carbocycles. The SMILES string of the molecule is COc1ccc(OC)c(CNC(=O)C(C)N2C(=O)COc3ccc(Cl)cc32)c1. The molecule has 1 heterocycles. The van der Waals surface area contributed by atoms with E-state index in [0.717, 1.165) is 5.56 Å². The van der Waals surface area contributed by atoms with Crippen LogP contribution in [0.15, 0.2) is 36.4 Å². The topological polar surface area (TPSA) is 77.1 Å². The van der Waals surface area contributed by atoms with Crippen LogP contribution in [-0.2, 0) is 16.1 Å². The third-order valence-electron chi connectivity index (χ3n) is 4.51. The van der Waals surface area contributed by atoms with E-state index in [4.69, 9.17) is 25.8 Å². The van der Waals surface area contributed by atoms with E-state index in [1.165, 1.54) is 4.90 Å². The highest BCUT2D eigenvalue weighted by atomic mass is 35.5. The summed E-state index contributed by atoms with van der Waals surface area (Å²) in [6.45, 7) is 1.76. The van der Waals surface area contributed by atoms with Gasteiger partial charge in [0, 0.05) is 17.1 Å². The Hall–Kier alpha value is -2.93. The Morgan fingerprint density at radius 1 is 1.25 bits per heavy atom. The van der Waals surface area contributed by atoms with Crippen LogP contribution in [0.3, 0.4) is 0 Å². The van der Waals surface area contributed by atoms with Gasteiger partial charge in [0.1, 0.15) is 23.3 Å². The second kappa shape index (κ2) is 8.39. The van der Waals surface area contributed by atoms with Gasteiger partial charge < -0.3 is 19.5 Å². The molecule has 0 radical (unpaired) electrons. The molecule has 3 rings (SSSR count). The molecular weight excluding hydrogens is 384 g/mol. The van der Waals surface area contributed by atoms with Gasteiger partial charge in [0.15, 0.2) is 6.61 Å². The lowest BCUT2D eigenvalue weighted by Crippen LogP contribution is -2.51. The second-order valence-corrected chi connectivity index (χ2v) is 6.67. The Morgan fingerprint density at radius 2 is 2.04 bits per heavy atom. The van der Waals surface area contributed by atoms with Gasteiger partial charge in [-0.3, -0.25) is 14.5 Å². The Morgan fingerprint density at radius 3 is 2.75 bits per heavy atom. The number of ether oxygens (including phenoxy) is 3. The molecule has 0 bridgehead atoms. The van der Waals surface area contributed by atoms with Crippen LogP contribution < -0.4 is 24.4 Å². The Kier molecular flexibility index (Phi) is 5.94.